The number of rotatable bonds is 4. The highest BCUT2D eigenvalue weighted by molar-refractivity contribution is 7.89. The van der Waals surface area contributed by atoms with Crippen LogP contribution in [-0.4, -0.2) is 60.3 Å². The van der Waals surface area contributed by atoms with Gasteiger partial charge in [0.15, 0.2) is 0 Å². The minimum atomic E-state index is -3.94. The molecule has 1 amide bonds. The Hall–Kier alpha value is -1.93. The normalized spacial score (nSPS) is 22.6. The number of hydrogen-bond donors (Lipinski definition) is 1. The number of carbonyl (C=O) groups is 2. The van der Waals surface area contributed by atoms with Crippen molar-refractivity contribution in [2.75, 3.05) is 19.6 Å². The van der Waals surface area contributed by atoms with Crippen LogP contribution in [0.3, 0.4) is 0 Å². The average Bonchev–Trinajstić information content (AvgIpc) is 2.68. The molecule has 1 aliphatic carbocycles. The van der Waals surface area contributed by atoms with Gasteiger partial charge in [0, 0.05) is 26.6 Å². The van der Waals surface area contributed by atoms with E-state index in [4.69, 9.17) is 0 Å². The molecule has 1 N–H and O–H groups in total. The molecule has 3 rings (SSSR count). The zero-order valence-corrected chi connectivity index (χ0v) is 16.3. The van der Waals surface area contributed by atoms with E-state index in [1.807, 2.05) is 12.1 Å². The third kappa shape index (κ3) is 4.16. The number of hydrogen-bond acceptors (Lipinski definition) is 4. The van der Waals surface area contributed by atoms with E-state index >= 15 is 0 Å². The molecule has 1 heterocycles. The van der Waals surface area contributed by atoms with Crippen LogP contribution in [0.5, 0.6) is 0 Å². The molecule has 1 atom stereocenters. The van der Waals surface area contributed by atoms with Gasteiger partial charge in [-0.3, -0.25) is 9.59 Å². The van der Waals surface area contributed by atoms with Gasteiger partial charge in [0.1, 0.15) is 6.04 Å². The van der Waals surface area contributed by atoms with Crippen LogP contribution in [0.4, 0.5) is 0 Å². The summed E-state index contributed by atoms with van der Waals surface area (Å²) in [6, 6.07) is 5.59. The summed E-state index contributed by atoms with van der Waals surface area (Å²) in [5, 5.41) is 9.49. The summed E-state index contributed by atoms with van der Waals surface area (Å²) in [7, 11) is -3.94. The monoisotopic (exact) mass is 394 g/mol. The highest BCUT2D eigenvalue weighted by atomic mass is 32.2. The Kier molecular flexibility index (Phi) is 5.86. The summed E-state index contributed by atoms with van der Waals surface area (Å²) >= 11 is 0. The van der Waals surface area contributed by atoms with Gasteiger partial charge in [-0.1, -0.05) is 31.4 Å². The molecule has 148 valence electrons. The Morgan fingerprint density at radius 2 is 1.67 bits per heavy atom. The van der Waals surface area contributed by atoms with Crippen LogP contribution in [0.15, 0.2) is 29.2 Å². The topological polar surface area (TPSA) is 95.0 Å². The summed E-state index contributed by atoms with van der Waals surface area (Å²) in [5.41, 5.74) is 1.14. The fraction of sp³-hybridized carbons (Fsp3) is 0.579. The Morgan fingerprint density at radius 1 is 1.04 bits per heavy atom. The number of benzene rings is 1. The molecule has 7 nitrogen and oxygen atoms in total. The summed E-state index contributed by atoms with van der Waals surface area (Å²) in [5.74, 6) is -1.03. The Balaban J connectivity index is 1.82. The third-order valence-electron chi connectivity index (χ3n) is 5.62. The van der Waals surface area contributed by atoms with Crippen molar-refractivity contribution in [2.45, 2.75) is 55.9 Å². The number of carboxylic acids is 1. The SMILES string of the molecule is CC(=O)N1CCN(S(=O)(=O)c2ccc(C3CCCCC3)cc2)C(C(=O)O)C1. The van der Waals surface area contributed by atoms with Gasteiger partial charge >= 0.3 is 5.97 Å². The number of amides is 1. The zero-order chi connectivity index (χ0) is 19.6. The van der Waals surface area contributed by atoms with Crippen molar-refractivity contribution in [3.05, 3.63) is 29.8 Å². The lowest BCUT2D eigenvalue weighted by Crippen LogP contribution is -2.58. The summed E-state index contributed by atoms with van der Waals surface area (Å²) in [6.07, 6.45) is 5.91. The highest BCUT2D eigenvalue weighted by Crippen LogP contribution is 2.33. The average molecular weight is 394 g/mol. The minimum Gasteiger partial charge on any atom is -0.480 e. The van der Waals surface area contributed by atoms with E-state index < -0.39 is 22.0 Å². The van der Waals surface area contributed by atoms with Gasteiger partial charge in [-0.2, -0.15) is 4.31 Å². The lowest BCUT2D eigenvalue weighted by molar-refractivity contribution is -0.145. The van der Waals surface area contributed by atoms with Crippen molar-refractivity contribution in [1.29, 1.82) is 0 Å². The van der Waals surface area contributed by atoms with Gasteiger partial charge < -0.3 is 10.0 Å². The van der Waals surface area contributed by atoms with Crippen molar-refractivity contribution in [1.82, 2.24) is 9.21 Å². The largest absolute Gasteiger partial charge is 0.480 e. The lowest BCUT2D eigenvalue weighted by Gasteiger charge is -2.38. The first-order valence-corrected chi connectivity index (χ1v) is 10.8. The molecule has 0 aromatic heterocycles. The van der Waals surface area contributed by atoms with E-state index in [9.17, 15) is 23.1 Å². The first-order valence-electron chi connectivity index (χ1n) is 9.41. The maximum absolute atomic E-state index is 13.0. The van der Waals surface area contributed by atoms with Gasteiger partial charge in [-0.25, -0.2) is 8.42 Å². The molecule has 1 saturated heterocycles. The predicted molar refractivity (Wildman–Crippen MR) is 99.8 cm³/mol. The number of piperazine rings is 1. The Labute approximate surface area is 160 Å². The van der Waals surface area contributed by atoms with Crippen LogP contribution in [0.25, 0.3) is 0 Å². The van der Waals surface area contributed by atoms with E-state index in [1.54, 1.807) is 12.1 Å². The fourth-order valence-electron chi connectivity index (χ4n) is 4.02. The van der Waals surface area contributed by atoms with Crippen LogP contribution in [0, 0.1) is 0 Å². The Bertz CT molecular complexity index is 800. The molecule has 27 heavy (non-hydrogen) atoms. The molecular weight excluding hydrogens is 368 g/mol. The molecule has 0 bridgehead atoms. The van der Waals surface area contributed by atoms with E-state index in [1.165, 1.54) is 31.1 Å². The molecule has 2 fully saturated rings. The predicted octanol–water partition coefficient (Wildman–Crippen LogP) is 2.04. The van der Waals surface area contributed by atoms with Crippen LogP contribution in [0.1, 0.15) is 50.5 Å². The second-order valence-electron chi connectivity index (χ2n) is 7.34. The van der Waals surface area contributed by atoms with Gasteiger partial charge in [-0.15, -0.1) is 0 Å². The van der Waals surface area contributed by atoms with E-state index in [2.05, 4.69) is 0 Å². The zero-order valence-electron chi connectivity index (χ0n) is 15.5. The molecule has 1 aliphatic heterocycles. The molecule has 1 aromatic carbocycles. The molecule has 8 heteroatoms. The maximum Gasteiger partial charge on any atom is 0.323 e. The summed E-state index contributed by atoms with van der Waals surface area (Å²) in [4.78, 5) is 24.6. The van der Waals surface area contributed by atoms with Crippen LogP contribution in [-0.2, 0) is 19.6 Å². The van der Waals surface area contributed by atoms with Crippen LogP contribution >= 0.6 is 0 Å². The summed E-state index contributed by atoms with van der Waals surface area (Å²) in [6.45, 7) is 1.39. The quantitative estimate of drug-likeness (QED) is 0.843. The number of carbonyl (C=O) groups excluding carboxylic acids is 1. The number of carboxylic acid groups (broad SMARTS) is 1. The van der Waals surface area contributed by atoms with E-state index in [0.717, 1.165) is 22.7 Å². The minimum absolute atomic E-state index is 0.0245. The fourth-order valence-corrected chi connectivity index (χ4v) is 5.59. The van der Waals surface area contributed by atoms with Crippen molar-refractivity contribution < 1.29 is 23.1 Å². The van der Waals surface area contributed by atoms with E-state index in [0.29, 0.717) is 5.92 Å². The van der Waals surface area contributed by atoms with E-state index in [-0.39, 0.29) is 30.4 Å². The standard InChI is InChI=1S/C19H26N2O5S/c1-14(22)20-11-12-21(18(13-20)19(23)24)27(25,26)17-9-7-16(8-10-17)15-5-3-2-4-6-15/h7-10,15,18H,2-6,11-13H2,1H3,(H,23,24). The van der Waals surface area contributed by atoms with Crippen molar-refractivity contribution in [3.63, 3.8) is 0 Å². The molecule has 1 aromatic rings. The number of sulfonamides is 1. The highest BCUT2D eigenvalue weighted by Gasteiger charge is 2.40. The maximum atomic E-state index is 13.0. The van der Waals surface area contributed by atoms with Gasteiger partial charge in [0.2, 0.25) is 15.9 Å². The number of nitrogens with zero attached hydrogens (tertiary/aromatic N) is 2. The first-order chi connectivity index (χ1) is 12.8. The van der Waals surface area contributed by atoms with Crippen molar-refractivity contribution in [3.8, 4) is 0 Å². The van der Waals surface area contributed by atoms with Crippen molar-refractivity contribution >= 4 is 21.9 Å². The molecule has 0 radical (unpaired) electrons. The first kappa shape index (κ1) is 19.8. The lowest BCUT2D eigenvalue weighted by atomic mass is 9.84. The number of aliphatic carboxylic acids is 1. The molecule has 0 spiro atoms. The van der Waals surface area contributed by atoms with Gasteiger partial charge in [0.05, 0.1) is 4.90 Å². The Morgan fingerprint density at radius 3 is 2.22 bits per heavy atom. The second kappa shape index (κ2) is 7.98. The van der Waals surface area contributed by atoms with Crippen LogP contribution in [0.2, 0.25) is 0 Å². The molecule has 1 saturated carbocycles. The molecule has 2 aliphatic rings. The molecule has 1 unspecified atom stereocenters. The van der Waals surface area contributed by atoms with Gasteiger partial charge in [-0.05, 0) is 36.5 Å². The van der Waals surface area contributed by atoms with Crippen LogP contribution < -0.4 is 0 Å². The van der Waals surface area contributed by atoms with Gasteiger partial charge in [0.25, 0.3) is 0 Å². The smallest absolute Gasteiger partial charge is 0.323 e. The summed E-state index contributed by atoms with van der Waals surface area (Å²) < 4.78 is 27.1. The van der Waals surface area contributed by atoms with Crippen molar-refractivity contribution in [2.24, 2.45) is 0 Å². The second-order valence-corrected chi connectivity index (χ2v) is 9.23. The molecular formula is C19H26N2O5S. The third-order valence-corrected chi connectivity index (χ3v) is 7.55.